The number of methoxy groups -OCH3 is 1. The van der Waals surface area contributed by atoms with E-state index in [1.54, 1.807) is 0 Å². The predicted octanol–water partition coefficient (Wildman–Crippen LogP) is 4.65. The van der Waals surface area contributed by atoms with Gasteiger partial charge in [0.2, 0.25) is 0 Å². The van der Waals surface area contributed by atoms with E-state index in [1.165, 1.54) is 39.2 Å². The molecule has 1 aliphatic carbocycles. The second kappa shape index (κ2) is 8.50. The van der Waals surface area contributed by atoms with Gasteiger partial charge in [0.05, 0.1) is 7.11 Å². The molecule has 116 valence electrons. The van der Waals surface area contributed by atoms with E-state index in [2.05, 4.69) is 20.8 Å². The first-order chi connectivity index (χ1) is 9.60. The van der Waals surface area contributed by atoms with Crippen molar-refractivity contribution in [3.05, 3.63) is 11.8 Å². The Kier molecular flexibility index (Phi) is 7.34. The van der Waals surface area contributed by atoms with E-state index in [4.69, 9.17) is 9.16 Å². The Bertz CT molecular complexity index is 320. The van der Waals surface area contributed by atoms with Crippen molar-refractivity contribution in [1.82, 2.24) is 0 Å². The van der Waals surface area contributed by atoms with Crippen molar-refractivity contribution >= 4 is 14.3 Å². The Labute approximate surface area is 124 Å². The van der Waals surface area contributed by atoms with E-state index in [0.29, 0.717) is 11.7 Å². The average Bonchev–Trinajstić information content (AvgIpc) is 2.52. The molecule has 1 saturated carbocycles. The molecule has 3 nitrogen and oxygen atoms in total. The van der Waals surface area contributed by atoms with Crippen LogP contribution in [-0.4, -0.2) is 21.4 Å². The maximum Gasteiger partial charge on any atom is 0.371 e. The quantitative estimate of drug-likeness (QED) is 0.297. The molecule has 1 rings (SSSR count). The van der Waals surface area contributed by atoms with Gasteiger partial charge in [0.15, 0.2) is 5.76 Å². The maximum absolute atomic E-state index is 12.0. The zero-order chi connectivity index (χ0) is 15.0. The molecule has 0 bridgehead atoms. The Hall–Kier alpha value is -0.773. The SMILES string of the molecule is CC[Si](CC)(CC)O/C(=C\C1CCCCC1)C(=O)OC. The fourth-order valence-electron chi connectivity index (χ4n) is 2.96. The highest BCUT2D eigenvalue weighted by molar-refractivity contribution is 6.74. The van der Waals surface area contributed by atoms with Crippen molar-refractivity contribution in [3.8, 4) is 0 Å². The first kappa shape index (κ1) is 17.3. The molecule has 0 unspecified atom stereocenters. The number of esters is 1. The zero-order valence-electron chi connectivity index (χ0n) is 13.5. The van der Waals surface area contributed by atoms with Crippen molar-refractivity contribution in [2.45, 2.75) is 71.0 Å². The molecule has 0 heterocycles. The second-order valence-electron chi connectivity index (χ2n) is 5.77. The van der Waals surface area contributed by atoms with Crippen molar-refractivity contribution in [1.29, 1.82) is 0 Å². The Morgan fingerprint density at radius 1 is 1.10 bits per heavy atom. The highest BCUT2D eigenvalue weighted by atomic mass is 28.4. The maximum atomic E-state index is 12.0. The molecule has 1 aliphatic rings. The summed E-state index contributed by atoms with van der Waals surface area (Å²) in [7, 11) is -0.375. The molecule has 0 spiro atoms. The van der Waals surface area contributed by atoms with E-state index in [9.17, 15) is 4.79 Å². The third kappa shape index (κ3) is 4.65. The fourth-order valence-corrected chi connectivity index (χ4v) is 5.51. The van der Waals surface area contributed by atoms with E-state index in [0.717, 1.165) is 18.1 Å². The number of allylic oxidation sites excluding steroid dienone is 1. The normalized spacial score (nSPS) is 17.9. The number of ether oxygens (including phenoxy) is 1. The lowest BCUT2D eigenvalue weighted by molar-refractivity contribution is -0.138. The van der Waals surface area contributed by atoms with Gasteiger partial charge in [-0.15, -0.1) is 0 Å². The lowest BCUT2D eigenvalue weighted by atomic mass is 9.89. The number of hydrogen-bond acceptors (Lipinski definition) is 3. The summed E-state index contributed by atoms with van der Waals surface area (Å²) in [5, 5.41) is 0. The minimum Gasteiger partial charge on any atom is -0.539 e. The van der Waals surface area contributed by atoms with Crippen LogP contribution in [0.15, 0.2) is 11.8 Å². The summed E-state index contributed by atoms with van der Waals surface area (Å²) < 4.78 is 11.2. The van der Waals surface area contributed by atoms with Gasteiger partial charge in [0.25, 0.3) is 8.32 Å². The second-order valence-corrected chi connectivity index (χ2v) is 10.5. The molecule has 0 atom stereocenters. The van der Waals surface area contributed by atoms with Gasteiger partial charge in [-0.3, -0.25) is 0 Å². The van der Waals surface area contributed by atoms with E-state index in [-0.39, 0.29) is 5.97 Å². The van der Waals surface area contributed by atoms with Crippen LogP contribution in [0.2, 0.25) is 18.1 Å². The molecule has 0 aromatic carbocycles. The average molecular weight is 298 g/mol. The third-order valence-electron chi connectivity index (χ3n) is 4.68. The molecular formula is C16H30O3Si. The van der Waals surface area contributed by atoms with Crippen LogP contribution >= 0.6 is 0 Å². The number of hydrogen-bond donors (Lipinski definition) is 0. The monoisotopic (exact) mass is 298 g/mol. The summed E-state index contributed by atoms with van der Waals surface area (Å²) in [6.45, 7) is 6.53. The molecule has 20 heavy (non-hydrogen) atoms. The summed E-state index contributed by atoms with van der Waals surface area (Å²) in [5.74, 6) is 0.662. The molecule has 0 radical (unpaired) electrons. The zero-order valence-corrected chi connectivity index (χ0v) is 14.5. The van der Waals surface area contributed by atoms with Crippen molar-refractivity contribution in [2.75, 3.05) is 7.11 Å². The number of carbonyl (C=O) groups is 1. The van der Waals surface area contributed by atoms with E-state index < -0.39 is 8.32 Å². The van der Waals surface area contributed by atoms with Gasteiger partial charge in [0.1, 0.15) is 0 Å². The Balaban J connectivity index is 2.88. The van der Waals surface area contributed by atoms with Crippen LogP contribution in [-0.2, 0) is 14.0 Å². The molecule has 0 aliphatic heterocycles. The topological polar surface area (TPSA) is 35.5 Å². The Morgan fingerprint density at radius 3 is 2.10 bits per heavy atom. The minimum absolute atomic E-state index is 0.303. The van der Waals surface area contributed by atoms with Crippen LogP contribution in [0.3, 0.4) is 0 Å². The van der Waals surface area contributed by atoms with Gasteiger partial charge < -0.3 is 9.16 Å². The highest BCUT2D eigenvalue weighted by Gasteiger charge is 2.33. The summed E-state index contributed by atoms with van der Waals surface area (Å²) in [5.41, 5.74) is 0. The Morgan fingerprint density at radius 2 is 1.65 bits per heavy atom. The van der Waals surface area contributed by atoms with Crippen molar-refractivity contribution < 1.29 is 14.0 Å². The standard InChI is InChI=1S/C16H30O3Si/c1-5-20(6-2,7-3)19-15(16(17)18-4)13-14-11-9-8-10-12-14/h13-14H,5-12H2,1-4H3/b15-13-. The lowest BCUT2D eigenvalue weighted by Crippen LogP contribution is -2.37. The lowest BCUT2D eigenvalue weighted by Gasteiger charge is -2.30. The summed E-state index contributed by atoms with van der Waals surface area (Å²) in [4.78, 5) is 12.0. The first-order valence-corrected chi connectivity index (χ1v) is 10.6. The summed E-state index contributed by atoms with van der Waals surface area (Å²) >= 11 is 0. The molecule has 0 amide bonds. The van der Waals surface area contributed by atoms with E-state index >= 15 is 0 Å². The minimum atomic E-state index is -1.81. The van der Waals surface area contributed by atoms with Crippen LogP contribution in [0.4, 0.5) is 0 Å². The first-order valence-electron chi connectivity index (χ1n) is 8.10. The summed E-state index contributed by atoms with van der Waals surface area (Å²) in [6.07, 6.45) is 8.22. The van der Waals surface area contributed by atoms with Gasteiger partial charge in [-0.2, -0.15) is 0 Å². The van der Waals surface area contributed by atoms with Crippen LogP contribution in [0.1, 0.15) is 52.9 Å². The molecule has 0 N–H and O–H groups in total. The highest BCUT2D eigenvalue weighted by Crippen LogP contribution is 2.29. The van der Waals surface area contributed by atoms with Gasteiger partial charge >= 0.3 is 5.97 Å². The predicted molar refractivity (Wildman–Crippen MR) is 85.0 cm³/mol. The fraction of sp³-hybridized carbons (Fsp3) is 0.812. The molecule has 0 aromatic rings. The van der Waals surface area contributed by atoms with Crippen LogP contribution in [0.5, 0.6) is 0 Å². The van der Waals surface area contributed by atoms with E-state index in [1.807, 2.05) is 6.08 Å². The molecule has 4 heteroatoms. The van der Waals surface area contributed by atoms with Gasteiger partial charge in [-0.05, 0) is 43.0 Å². The molecular weight excluding hydrogens is 268 g/mol. The number of rotatable bonds is 7. The summed E-state index contributed by atoms with van der Waals surface area (Å²) in [6, 6.07) is 3.12. The largest absolute Gasteiger partial charge is 0.539 e. The third-order valence-corrected chi connectivity index (χ3v) is 9.20. The number of carbonyl (C=O) groups excluding carboxylic acids is 1. The van der Waals surface area contributed by atoms with Crippen LogP contribution in [0.25, 0.3) is 0 Å². The smallest absolute Gasteiger partial charge is 0.371 e. The van der Waals surface area contributed by atoms with Crippen molar-refractivity contribution in [3.63, 3.8) is 0 Å². The van der Waals surface area contributed by atoms with Gasteiger partial charge in [-0.25, -0.2) is 4.79 Å². The van der Waals surface area contributed by atoms with Gasteiger partial charge in [-0.1, -0.05) is 40.0 Å². The van der Waals surface area contributed by atoms with Crippen LogP contribution in [0, 0.1) is 5.92 Å². The van der Waals surface area contributed by atoms with Crippen molar-refractivity contribution in [2.24, 2.45) is 5.92 Å². The molecule has 1 fully saturated rings. The molecule has 0 saturated heterocycles. The molecule has 0 aromatic heterocycles. The van der Waals surface area contributed by atoms with Gasteiger partial charge in [0, 0.05) is 0 Å². The van der Waals surface area contributed by atoms with Crippen LogP contribution < -0.4 is 0 Å².